The molecule has 1 aromatic rings. The fraction of sp³-hybridized carbons (Fsp3) is 0.125. The predicted octanol–water partition coefficient (Wildman–Crippen LogP) is -2.00. The maximum absolute atomic E-state index is 11.3. The van der Waals surface area contributed by atoms with Gasteiger partial charge in [-0.1, -0.05) is 30.3 Å². The van der Waals surface area contributed by atoms with Crippen LogP contribution < -0.4 is 29.6 Å². The third kappa shape index (κ3) is 6.64. The molecule has 0 aliphatic rings. The quantitative estimate of drug-likeness (QED) is 0.202. The maximum atomic E-state index is 11.3. The Morgan fingerprint density at radius 2 is 1.88 bits per heavy atom. The Labute approximate surface area is 120 Å². The van der Waals surface area contributed by atoms with Crippen molar-refractivity contribution in [3.05, 3.63) is 35.9 Å². The average Bonchev–Trinajstić information content (AvgIpc) is 2.17. The molecule has 5 nitrogen and oxygen atoms in total. The van der Waals surface area contributed by atoms with Crippen molar-refractivity contribution < 1.29 is 51.0 Å². The van der Waals surface area contributed by atoms with E-state index in [1.165, 1.54) is 0 Å². The Morgan fingerprint density at radius 1 is 1.31 bits per heavy atom. The summed E-state index contributed by atoms with van der Waals surface area (Å²) in [5.74, 6) is -0.518. The van der Waals surface area contributed by atoms with Crippen molar-refractivity contribution in [3.63, 3.8) is 0 Å². The first kappa shape index (κ1) is 16.1. The molecule has 0 N–H and O–H groups in total. The van der Waals surface area contributed by atoms with Gasteiger partial charge in [-0.3, -0.25) is 4.79 Å². The van der Waals surface area contributed by atoms with Crippen LogP contribution in [0, 0.1) is 0 Å². The molecule has 0 aliphatic carbocycles. The van der Waals surface area contributed by atoms with Gasteiger partial charge in [0.1, 0.15) is 0 Å². The van der Waals surface area contributed by atoms with E-state index in [1.54, 1.807) is 30.3 Å². The van der Waals surface area contributed by atoms with E-state index >= 15 is 0 Å². The van der Waals surface area contributed by atoms with Crippen LogP contribution in [0.1, 0.15) is 10.4 Å². The fourth-order valence-electron chi connectivity index (χ4n) is 0.844. The van der Waals surface area contributed by atoms with E-state index in [-0.39, 0.29) is 41.1 Å². The molecule has 0 atom stereocenters. The average molecular weight is 270 g/mol. The molecule has 16 heavy (non-hydrogen) atoms. The smallest absolute Gasteiger partial charge is 0.725 e. The summed E-state index contributed by atoms with van der Waals surface area (Å²) >= 11 is 0.313. The Kier molecular flexibility index (Phi) is 7.49. The van der Waals surface area contributed by atoms with Gasteiger partial charge in [0, 0.05) is 17.6 Å². The van der Waals surface area contributed by atoms with E-state index in [1.807, 2.05) is 0 Å². The van der Waals surface area contributed by atoms with Crippen LogP contribution >= 0.6 is 12.0 Å². The molecule has 0 spiro atoms. The van der Waals surface area contributed by atoms with Crippen LogP contribution in [-0.4, -0.2) is 24.5 Å². The minimum atomic E-state index is -4.74. The molecule has 0 bridgehead atoms. The van der Waals surface area contributed by atoms with Gasteiger partial charge < -0.3 is 4.55 Å². The summed E-state index contributed by atoms with van der Waals surface area (Å²) in [7, 11) is -4.74. The van der Waals surface area contributed by atoms with Crippen LogP contribution in [-0.2, 0) is 14.0 Å². The van der Waals surface area contributed by atoms with Crippen molar-refractivity contribution in [2.75, 3.05) is 5.75 Å². The van der Waals surface area contributed by atoms with E-state index < -0.39 is 10.4 Å². The third-order valence-electron chi connectivity index (χ3n) is 1.42. The molecule has 0 aromatic heterocycles. The molecule has 0 unspecified atom stereocenters. The minimum absolute atomic E-state index is 0. The van der Waals surface area contributed by atoms with Crippen LogP contribution in [0.25, 0.3) is 0 Å². The first-order valence-electron chi connectivity index (χ1n) is 3.84. The summed E-state index contributed by atoms with van der Waals surface area (Å²) in [6.07, 6.45) is 0. The molecule has 1 aromatic carbocycles. The number of rotatable bonds is 5. The van der Waals surface area contributed by atoms with E-state index in [4.69, 9.17) is 0 Å². The van der Waals surface area contributed by atoms with E-state index in [0.29, 0.717) is 17.6 Å². The Hall–Kier alpha value is 0.110. The van der Waals surface area contributed by atoms with Gasteiger partial charge in [-0.15, -0.1) is 0 Å². The summed E-state index contributed by atoms with van der Waals surface area (Å²) in [6.45, 7) is 0. The molecule has 0 aliphatic heterocycles. The summed E-state index contributed by atoms with van der Waals surface area (Å²) in [5.41, 5.74) is 0.442. The summed E-state index contributed by atoms with van der Waals surface area (Å²) in [6, 6.07) is 8.30. The van der Waals surface area contributed by atoms with Crippen molar-refractivity contribution in [1.82, 2.24) is 0 Å². The van der Waals surface area contributed by atoms with Crippen molar-refractivity contribution in [1.29, 1.82) is 0 Å². The molecule has 0 radical (unpaired) electrons. The third-order valence-corrected chi connectivity index (χ3v) is 2.85. The molecular weight excluding hydrogens is 263 g/mol. The van der Waals surface area contributed by atoms with E-state index in [9.17, 15) is 17.8 Å². The molecule has 8 heteroatoms. The van der Waals surface area contributed by atoms with Gasteiger partial charge in [0.2, 0.25) is 10.4 Å². The number of Topliss-reactive ketones (excluding diaryl/α,β-unsaturated/α-hetero) is 1. The molecule has 1 rings (SSSR count). The minimum Gasteiger partial charge on any atom is -0.725 e. The molecule has 0 saturated heterocycles. The van der Waals surface area contributed by atoms with Crippen LogP contribution in [0.3, 0.4) is 0 Å². The van der Waals surface area contributed by atoms with E-state index in [2.05, 4.69) is 3.63 Å². The van der Waals surface area contributed by atoms with Gasteiger partial charge in [0.25, 0.3) is 0 Å². The van der Waals surface area contributed by atoms with E-state index in [0.717, 1.165) is 0 Å². The zero-order chi connectivity index (χ0) is 11.3. The normalized spacial score (nSPS) is 10.6. The second-order valence-electron chi connectivity index (χ2n) is 2.53. The van der Waals surface area contributed by atoms with Gasteiger partial charge >= 0.3 is 29.6 Å². The van der Waals surface area contributed by atoms with Crippen LogP contribution in [0.4, 0.5) is 0 Å². The zero-order valence-corrected chi connectivity index (χ0v) is 12.1. The summed E-state index contributed by atoms with van der Waals surface area (Å²) in [4.78, 5) is 11.3. The Balaban J connectivity index is 0.00000225. The van der Waals surface area contributed by atoms with Gasteiger partial charge in [0.05, 0.1) is 5.75 Å². The van der Waals surface area contributed by atoms with Crippen molar-refractivity contribution >= 4 is 28.2 Å². The van der Waals surface area contributed by atoms with Crippen LogP contribution in [0.5, 0.6) is 0 Å². The number of benzene rings is 1. The SMILES string of the molecule is O=C(CSOS(=O)(=O)[O-])c1ccccc1.[Na+]. The number of hydrogen-bond donors (Lipinski definition) is 0. The fourth-order valence-corrected chi connectivity index (χ4v) is 1.78. The van der Waals surface area contributed by atoms with Gasteiger partial charge in [-0.25, -0.2) is 12.0 Å². The van der Waals surface area contributed by atoms with Crippen molar-refractivity contribution in [3.8, 4) is 0 Å². The zero-order valence-electron chi connectivity index (χ0n) is 8.45. The topological polar surface area (TPSA) is 83.5 Å². The van der Waals surface area contributed by atoms with Crippen LogP contribution in [0.2, 0.25) is 0 Å². The molecule has 0 saturated carbocycles. The molecular formula is C8H7NaO5S2. The standard InChI is InChI=1S/C8H8O5S2.Na/c9-8(6-14-13-15(10,11)12)7-4-2-1-3-5-7;/h1-5H,6H2,(H,10,11,12);/q;+1/p-1. The van der Waals surface area contributed by atoms with Gasteiger partial charge in [-0.2, -0.15) is 0 Å². The molecule has 82 valence electrons. The monoisotopic (exact) mass is 270 g/mol. The summed E-state index contributed by atoms with van der Waals surface area (Å²) in [5, 5.41) is 0. The van der Waals surface area contributed by atoms with Crippen LogP contribution in [0.15, 0.2) is 30.3 Å². The van der Waals surface area contributed by atoms with Crippen molar-refractivity contribution in [2.45, 2.75) is 0 Å². The largest absolute Gasteiger partial charge is 1.00 e. The second kappa shape index (κ2) is 7.44. The second-order valence-corrected chi connectivity index (χ2v) is 4.41. The molecule has 0 amide bonds. The van der Waals surface area contributed by atoms with Crippen molar-refractivity contribution in [2.24, 2.45) is 0 Å². The number of hydrogen-bond acceptors (Lipinski definition) is 6. The molecule has 0 fully saturated rings. The summed E-state index contributed by atoms with van der Waals surface area (Å²) < 4.78 is 34.0. The van der Waals surface area contributed by atoms with Gasteiger partial charge in [-0.05, 0) is 0 Å². The number of ketones is 1. The first-order valence-corrected chi connectivity index (χ1v) is 6.08. The maximum Gasteiger partial charge on any atom is 1.00 e. The predicted molar refractivity (Wildman–Crippen MR) is 54.0 cm³/mol. The number of carbonyl (C=O) groups excluding carboxylic acids is 1. The van der Waals surface area contributed by atoms with Gasteiger partial charge in [0.15, 0.2) is 5.78 Å². The first-order chi connectivity index (χ1) is 6.99. The Morgan fingerprint density at radius 3 is 2.38 bits per heavy atom. The Bertz CT molecular complexity index is 431. The number of carbonyl (C=O) groups is 1. The molecule has 0 heterocycles.